The van der Waals surface area contributed by atoms with Crippen molar-refractivity contribution in [3.63, 3.8) is 0 Å². The van der Waals surface area contributed by atoms with E-state index >= 15 is 0 Å². The van der Waals surface area contributed by atoms with Crippen LogP contribution in [0.5, 0.6) is 0 Å². The Labute approximate surface area is 84.4 Å². The Hall–Kier alpha value is -0.260. The fraction of sp³-hybridized carbons (Fsp3) is 0.846. The molecule has 2 unspecified atom stereocenters. The van der Waals surface area contributed by atoms with Crippen LogP contribution in [0, 0.1) is 11.8 Å². The highest BCUT2D eigenvalue weighted by Crippen LogP contribution is 2.23. The van der Waals surface area contributed by atoms with Crippen LogP contribution in [0.25, 0.3) is 0 Å². The molecule has 78 valence electrons. The average molecular weight is 182 g/mol. The second-order valence-electron chi connectivity index (χ2n) is 4.46. The van der Waals surface area contributed by atoms with E-state index in [2.05, 4.69) is 34.3 Å². The molecule has 0 spiro atoms. The third kappa shape index (κ3) is 5.90. The Morgan fingerprint density at radius 2 is 1.77 bits per heavy atom. The first-order valence-corrected chi connectivity index (χ1v) is 5.75. The quantitative estimate of drug-likeness (QED) is 0.392. The van der Waals surface area contributed by atoms with Gasteiger partial charge in [0.1, 0.15) is 0 Å². The van der Waals surface area contributed by atoms with Crippen LogP contribution >= 0.6 is 0 Å². The SMILES string of the molecule is C=C(C)C(C)C(C)CCCCCC. The van der Waals surface area contributed by atoms with E-state index in [-0.39, 0.29) is 0 Å². The van der Waals surface area contributed by atoms with Crippen molar-refractivity contribution < 1.29 is 0 Å². The van der Waals surface area contributed by atoms with Gasteiger partial charge in [0.2, 0.25) is 0 Å². The zero-order chi connectivity index (χ0) is 10.3. The standard InChI is InChI=1S/C13H26/c1-6-7-8-9-10-12(4)13(5)11(2)3/h12-13H,2,6-10H2,1,3-5H3. The molecule has 0 aromatic carbocycles. The molecule has 2 atom stereocenters. The first-order valence-electron chi connectivity index (χ1n) is 5.75. The van der Waals surface area contributed by atoms with Crippen LogP contribution < -0.4 is 0 Å². The van der Waals surface area contributed by atoms with E-state index in [0.29, 0.717) is 5.92 Å². The second kappa shape index (κ2) is 7.17. The highest BCUT2D eigenvalue weighted by Gasteiger charge is 2.11. The summed E-state index contributed by atoms with van der Waals surface area (Å²) in [5.41, 5.74) is 1.34. The fourth-order valence-electron chi connectivity index (χ4n) is 1.63. The topological polar surface area (TPSA) is 0 Å². The van der Waals surface area contributed by atoms with Crippen molar-refractivity contribution in [1.82, 2.24) is 0 Å². The third-order valence-corrected chi connectivity index (χ3v) is 3.14. The van der Waals surface area contributed by atoms with E-state index in [1.807, 2.05) is 0 Å². The number of hydrogen-bond acceptors (Lipinski definition) is 0. The van der Waals surface area contributed by atoms with E-state index in [1.165, 1.54) is 37.7 Å². The maximum Gasteiger partial charge on any atom is -0.0211 e. The van der Waals surface area contributed by atoms with Gasteiger partial charge in [-0.2, -0.15) is 0 Å². The average Bonchev–Trinajstić information content (AvgIpc) is 2.10. The van der Waals surface area contributed by atoms with Crippen LogP contribution in [0.1, 0.15) is 59.8 Å². The van der Waals surface area contributed by atoms with Crippen molar-refractivity contribution >= 4 is 0 Å². The maximum absolute atomic E-state index is 4.02. The van der Waals surface area contributed by atoms with Gasteiger partial charge in [0, 0.05) is 0 Å². The minimum absolute atomic E-state index is 0.696. The van der Waals surface area contributed by atoms with Gasteiger partial charge in [0.15, 0.2) is 0 Å². The molecule has 0 saturated heterocycles. The minimum atomic E-state index is 0.696. The summed E-state index contributed by atoms with van der Waals surface area (Å²) in [6.45, 7) is 13.1. The zero-order valence-corrected chi connectivity index (χ0v) is 9.90. The van der Waals surface area contributed by atoms with Gasteiger partial charge in [-0.15, -0.1) is 0 Å². The highest BCUT2D eigenvalue weighted by molar-refractivity contribution is 4.95. The van der Waals surface area contributed by atoms with Crippen LogP contribution in [-0.4, -0.2) is 0 Å². The summed E-state index contributed by atoms with van der Waals surface area (Å²) in [6.07, 6.45) is 6.91. The van der Waals surface area contributed by atoms with Gasteiger partial charge in [0.05, 0.1) is 0 Å². The monoisotopic (exact) mass is 182 g/mol. The molecule has 0 aliphatic rings. The van der Waals surface area contributed by atoms with Crippen LogP contribution in [-0.2, 0) is 0 Å². The molecular formula is C13H26. The Balaban J connectivity index is 3.50. The van der Waals surface area contributed by atoms with Crippen molar-refractivity contribution in [2.75, 3.05) is 0 Å². The second-order valence-corrected chi connectivity index (χ2v) is 4.46. The van der Waals surface area contributed by atoms with Gasteiger partial charge in [0.25, 0.3) is 0 Å². The summed E-state index contributed by atoms with van der Waals surface area (Å²) in [5, 5.41) is 0. The van der Waals surface area contributed by atoms with Gasteiger partial charge >= 0.3 is 0 Å². The van der Waals surface area contributed by atoms with E-state index in [4.69, 9.17) is 0 Å². The molecule has 0 heterocycles. The lowest BCUT2D eigenvalue weighted by Crippen LogP contribution is -2.08. The molecule has 0 N–H and O–H groups in total. The van der Waals surface area contributed by atoms with Gasteiger partial charge in [-0.1, -0.05) is 65.0 Å². The summed E-state index contributed by atoms with van der Waals surface area (Å²) in [7, 11) is 0. The largest absolute Gasteiger partial charge is 0.0999 e. The smallest absolute Gasteiger partial charge is 0.0211 e. The lowest BCUT2D eigenvalue weighted by Gasteiger charge is -2.19. The summed E-state index contributed by atoms with van der Waals surface area (Å²) >= 11 is 0. The highest BCUT2D eigenvalue weighted by atomic mass is 14.2. The van der Waals surface area contributed by atoms with Crippen LogP contribution in [0.15, 0.2) is 12.2 Å². The molecule has 0 bridgehead atoms. The van der Waals surface area contributed by atoms with Crippen LogP contribution in [0.2, 0.25) is 0 Å². The van der Waals surface area contributed by atoms with Gasteiger partial charge in [-0.3, -0.25) is 0 Å². The Kier molecular flexibility index (Phi) is 7.03. The predicted molar refractivity (Wildman–Crippen MR) is 61.9 cm³/mol. The van der Waals surface area contributed by atoms with Gasteiger partial charge in [-0.25, -0.2) is 0 Å². The maximum atomic E-state index is 4.02. The first kappa shape index (κ1) is 12.7. The molecule has 0 saturated carbocycles. The molecule has 0 fully saturated rings. The molecule has 0 aliphatic heterocycles. The van der Waals surface area contributed by atoms with E-state index in [9.17, 15) is 0 Å². The molecule has 0 aromatic heterocycles. The van der Waals surface area contributed by atoms with Crippen LogP contribution in [0.4, 0.5) is 0 Å². The van der Waals surface area contributed by atoms with Crippen molar-refractivity contribution in [3.8, 4) is 0 Å². The van der Waals surface area contributed by atoms with E-state index < -0.39 is 0 Å². The third-order valence-electron chi connectivity index (χ3n) is 3.14. The summed E-state index contributed by atoms with van der Waals surface area (Å²) in [5.74, 6) is 1.51. The molecule has 0 aromatic rings. The lowest BCUT2D eigenvalue weighted by atomic mass is 9.86. The summed E-state index contributed by atoms with van der Waals surface area (Å²) in [4.78, 5) is 0. The van der Waals surface area contributed by atoms with E-state index in [0.717, 1.165) is 5.92 Å². The molecule has 0 radical (unpaired) electrons. The summed E-state index contributed by atoms with van der Waals surface area (Å²) < 4.78 is 0. The Bertz CT molecular complexity index is 135. The predicted octanol–water partition coefficient (Wildman–Crippen LogP) is 4.81. The van der Waals surface area contributed by atoms with Crippen molar-refractivity contribution in [1.29, 1.82) is 0 Å². The van der Waals surface area contributed by atoms with Crippen LogP contribution in [0.3, 0.4) is 0 Å². The first-order chi connectivity index (χ1) is 6.09. The molecule has 13 heavy (non-hydrogen) atoms. The molecule has 0 amide bonds. The molecule has 0 nitrogen and oxygen atoms in total. The zero-order valence-electron chi connectivity index (χ0n) is 9.90. The molecule has 0 heteroatoms. The van der Waals surface area contributed by atoms with Crippen molar-refractivity contribution in [2.24, 2.45) is 11.8 Å². The van der Waals surface area contributed by atoms with Gasteiger partial charge in [-0.05, 0) is 18.8 Å². The fourth-order valence-corrected chi connectivity index (χ4v) is 1.63. The number of hydrogen-bond donors (Lipinski definition) is 0. The Morgan fingerprint density at radius 3 is 2.23 bits per heavy atom. The molecule has 0 aliphatic carbocycles. The minimum Gasteiger partial charge on any atom is -0.0999 e. The number of allylic oxidation sites excluding steroid dienone is 1. The number of rotatable bonds is 7. The Morgan fingerprint density at radius 1 is 1.15 bits per heavy atom. The van der Waals surface area contributed by atoms with Gasteiger partial charge < -0.3 is 0 Å². The normalized spacial score (nSPS) is 15.4. The van der Waals surface area contributed by atoms with Crippen molar-refractivity contribution in [3.05, 3.63) is 12.2 Å². The molecule has 0 rings (SSSR count). The lowest BCUT2D eigenvalue weighted by molar-refractivity contribution is 0.392. The van der Waals surface area contributed by atoms with E-state index in [1.54, 1.807) is 0 Å². The number of unbranched alkanes of at least 4 members (excludes halogenated alkanes) is 3. The summed E-state index contributed by atoms with van der Waals surface area (Å²) in [6, 6.07) is 0. The molecular weight excluding hydrogens is 156 g/mol. The van der Waals surface area contributed by atoms with Crippen molar-refractivity contribution in [2.45, 2.75) is 59.8 Å².